The molecule has 0 aliphatic rings. The molecule has 2 rings (SSSR count). The Hall–Kier alpha value is -1.41. The second-order valence-electron chi connectivity index (χ2n) is 2.84. The lowest BCUT2D eigenvalue weighted by Gasteiger charge is -2.02. The topological polar surface area (TPSA) is 25.8 Å². The molecule has 0 saturated heterocycles. The summed E-state index contributed by atoms with van der Waals surface area (Å²) in [6.07, 6.45) is 1.72. The van der Waals surface area contributed by atoms with Gasteiger partial charge < -0.3 is 0 Å². The summed E-state index contributed by atoms with van der Waals surface area (Å²) in [5, 5.41) is 0.470. The monoisotopic (exact) mass is 202 g/mol. The number of aryl methyl sites for hydroxylation is 1. The highest BCUT2D eigenvalue weighted by molar-refractivity contribution is 6.32. The molecule has 0 saturated carbocycles. The molecule has 2 radical (unpaired) electrons. The number of hydrogen-bond acceptors (Lipinski definition) is 2. The molecular formula is C11H7ClN2. The molecule has 0 aliphatic heterocycles. The van der Waals surface area contributed by atoms with Gasteiger partial charge in [-0.25, -0.2) is 9.97 Å². The average Bonchev–Trinajstić information content (AvgIpc) is 2.19. The quantitative estimate of drug-likeness (QED) is 0.665. The van der Waals surface area contributed by atoms with Crippen LogP contribution in [0, 0.1) is 19.1 Å². The summed E-state index contributed by atoms with van der Waals surface area (Å²) in [7, 11) is 0. The molecule has 2 nitrogen and oxygen atoms in total. The van der Waals surface area contributed by atoms with Gasteiger partial charge in [-0.3, -0.25) is 0 Å². The Morgan fingerprint density at radius 3 is 2.86 bits per heavy atom. The van der Waals surface area contributed by atoms with Crippen LogP contribution in [0.5, 0.6) is 0 Å². The van der Waals surface area contributed by atoms with E-state index in [9.17, 15) is 0 Å². The molecule has 2 aromatic rings. The van der Waals surface area contributed by atoms with Gasteiger partial charge in [-0.05, 0) is 30.7 Å². The zero-order valence-electron chi connectivity index (χ0n) is 7.58. The first-order chi connectivity index (χ1) is 6.77. The van der Waals surface area contributed by atoms with Gasteiger partial charge in [-0.2, -0.15) is 0 Å². The molecule has 0 amide bonds. The fourth-order valence-electron chi connectivity index (χ4n) is 1.15. The minimum Gasteiger partial charge on any atom is -0.241 e. The molecule has 68 valence electrons. The Labute approximate surface area is 87.6 Å². The van der Waals surface area contributed by atoms with Crippen molar-refractivity contribution in [3.8, 4) is 11.1 Å². The molecular weight excluding hydrogens is 196 g/mol. The molecule has 1 aromatic carbocycles. The van der Waals surface area contributed by atoms with Gasteiger partial charge in [-0.1, -0.05) is 23.7 Å². The predicted molar refractivity (Wildman–Crippen MR) is 54.9 cm³/mol. The number of rotatable bonds is 1. The van der Waals surface area contributed by atoms with E-state index in [0.717, 1.165) is 11.1 Å². The SMILES string of the molecule is Cc1ncc(-c2c[c][c]cc2)c(Cl)n1. The third-order valence-corrected chi connectivity index (χ3v) is 2.12. The summed E-state index contributed by atoms with van der Waals surface area (Å²) in [6, 6.07) is 11.2. The smallest absolute Gasteiger partial charge is 0.140 e. The number of hydrogen-bond donors (Lipinski definition) is 0. The van der Waals surface area contributed by atoms with Gasteiger partial charge in [0.05, 0.1) is 0 Å². The molecule has 0 unspecified atom stereocenters. The van der Waals surface area contributed by atoms with Gasteiger partial charge in [-0.15, -0.1) is 0 Å². The van der Waals surface area contributed by atoms with Crippen LogP contribution in [0.2, 0.25) is 5.15 Å². The van der Waals surface area contributed by atoms with E-state index in [0.29, 0.717) is 11.0 Å². The zero-order valence-corrected chi connectivity index (χ0v) is 8.34. The van der Waals surface area contributed by atoms with Crippen molar-refractivity contribution in [3.63, 3.8) is 0 Å². The maximum absolute atomic E-state index is 5.99. The number of halogens is 1. The van der Waals surface area contributed by atoms with Crippen molar-refractivity contribution in [2.45, 2.75) is 6.92 Å². The van der Waals surface area contributed by atoms with E-state index in [1.54, 1.807) is 25.3 Å². The number of benzene rings is 1. The van der Waals surface area contributed by atoms with Crippen molar-refractivity contribution < 1.29 is 0 Å². The van der Waals surface area contributed by atoms with Gasteiger partial charge in [0.15, 0.2) is 0 Å². The predicted octanol–water partition coefficient (Wildman–Crippen LogP) is 2.71. The summed E-state index contributed by atoms with van der Waals surface area (Å²) in [5.41, 5.74) is 1.77. The van der Waals surface area contributed by atoms with Crippen LogP contribution in [-0.2, 0) is 0 Å². The Kier molecular flexibility index (Phi) is 2.46. The molecule has 0 bridgehead atoms. The van der Waals surface area contributed by atoms with Crippen LogP contribution in [0.25, 0.3) is 11.1 Å². The van der Waals surface area contributed by atoms with Crippen molar-refractivity contribution in [3.05, 3.63) is 47.5 Å². The highest BCUT2D eigenvalue weighted by Gasteiger charge is 2.04. The van der Waals surface area contributed by atoms with E-state index in [1.165, 1.54) is 0 Å². The molecule has 0 N–H and O–H groups in total. The van der Waals surface area contributed by atoms with Crippen LogP contribution in [-0.4, -0.2) is 9.97 Å². The summed E-state index contributed by atoms with van der Waals surface area (Å²) >= 11 is 5.99. The van der Waals surface area contributed by atoms with E-state index in [2.05, 4.69) is 22.1 Å². The molecule has 1 aromatic heterocycles. The minimum atomic E-state index is 0.470. The first kappa shape index (κ1) is 9.16. The maximum atomic E-state index is 5.99. The molecule has 14 heavy (non-hydrogen) atoms. The lowest BCUT2D eigenvalue weighted by atomic mass is 10.1. The Balaban J connectivity index is 2.53. The minimum absolute atomic E-state index is 0.470. The molecule has 0 aliphatic carbocycles. The third-order valence-electron chi connectivity index (χ3n) is 1.83. The number of nitrogens with zero attached hydrogens (tertiary/aromatic N) is 2. The second kappa shape index (κ2) is 3.76. The van der Waals surface area contributed by atoms with E-state index >= 15 is 0 Å². The highest BCUT2D eigenvalue weighted by Crippen LogP contribution is 2.24. The Bertz CT molecular complexity index is 440. The zero-order chi connectivity index (χ0) is 9.97. The highest BCUT2D eigenvalue weighted by atomic mass is 35.5. The van der Waals surface area contributed by atoms with Crippen LogP contribution in [0.15, 0.2) is 24.4 Å². The standard InChI is InChI=1S/C11H7ClN2/c1-8-13-7-10(11(12)14-8)9-5-3-2-4-6-9/h3,5-7H,1H3. The fraction of sp³-hybridized carbons (Fsp3) is 0.0909. The van der Waals surface area contributed by atoms with Gasteiger partial charge in [0, 0.05) is 11.8 Å². The van der Waals surface area contributed by atoms with E-state index in [1.807, 2.05) is 6.07 Å². The van der Waals surface area contributed by atoms with Crippen molar-refractivity contribution in [2.24, 2.45) is 0 Å². The lowest BCUT2D eigenvalue weighted by Crippen LogP contribution is -1.90. The third kappa shape index (κ3) is 1.75. The van der Waals surface area contributed by atoms with Crippen molar-refractivity contribution >= 4 is 11.6 Å². The van der Waals surface area contributed by atoms with E-state index in [-0.39, 0.29) is 0 Å². The Morgan fingerprint density at radius 1 is 1.36 bits per heavy atom. The van der Waals surface area contributed by atoms with Crippen LogP contribution >= 0.6 is 11.6 Å². The Morgan fingerprint density at radius 2 is 2.21 bits per heavy atom. The average molecular weight is 203 g/mol. The van der Waals surface area contributed by atoms with Crippen molar-refractivity contribution in [1.82, 2.24) is 9.97 Å². The number of aromatic nitrogens is 2. The van der Waals surface area contributed by atoms with E-state index < -0.39 is 0 Å². The van der Waals surface area contributed by atoms with Gasteiger partial charge in [0.25, 0.3) is 0 Å². The summed E-state index contributed by atoms with van der Waals surface area (Å²) in [6.45, 7) is 1.81. The lowest BCUT2D eigenvalue weighted by molar-refractivity contribution is 1.06. The van der Waals surface area contributed by atoms with Crippen LogP contribution in [0.1, 0.15) is 5.82 Å². The molecule has 3 heteroatoms. The normalized spacial score (nSPS) is 10.1. The first-order valence-corrected chi connectivity index (χ1v) is 4.52. The van der Waals surface area contributed by atoms with Gasteiger partial charge >= 0.3 is 0 Å². The van der Waals surface area contributed by atoms with Crippen molar-refractivity contribution in [1.29, 1.82) is 0 Å². The summed E-state index contributed by atoms with van der Waals surface area (Å²) < 4.78 is 0. The van der Waals surface area contributed by atoms with Crippen molar-refractivity contribution in [2.75, 3.05) is 0 Å². The molecule has 0 spiro atoms. The van der Waals surface area contributed by atoms with Crippen LogP contribution in [0.4, 0.5) is 0 Å². The van der Waals surface area contributed by atoms with Crippen LogP contribution in [0.3, 0.4) is 0 Å². The summed E-state index contributed by atoms with van der Waals surface area (Å²) in [5.74, 6) is 0.672. The van der Waals surface area contributed by atoms with E-state index in [4.69, 9.17) is 11.6 Å². The molecule has 0 fully saturated rings. The second-order valence-corrected chi connectivity index (χ2v) is 3.20. The fourth-order valence-corrected chi connectivity index (χ4v) is 1.43. The van der Waals surface area contributed by atoms with Crippen LogP contribution < -0.4 is 0 Å². The van der Waals surface area contributed by atoms with Gasteiger partial charge in [0.2, 0.25) is 0 Å². The molecule has 1 heterocycles. The first-order valence-electron chi connectivity index (χ1n) is 4.14. The maximum Gasteiger partial charge on any atom is 0.140 e. The summed E-state index contributed by atoms with van der Waals surface area (Å²) in [4.78, 5) is 8.18. The van der Waals surface area contributed by atoms with Gasteiger partial charge in [0.1, 0.15) is 11.0 Å². The largest absolute Gasteiger partial charge is 0.241 e. The molecule has 0 atom stereocenters.